The van der Waals surface area contributed by atoms with Gasteiger partial charge in [-0.2, -0.15) is 0 Å². The van der Waals surface area contributed by atoms with Crippen molar-refractivity contribution in [3.8, 4) is 0 Å². The summed E-state index contributed by atoms with van der Waals surface area (Å²) in [5.41, 5.74) is 2.10. The zero-order chi connectivity index (χ0) is 20.4. The van der Waals surface area contributed by atoms with E-state index in [-0.39, 0.29) is 0 Å². The SMILES string of the molecule is Cc1cncc(N2CCC(C3CCN(c4ccc(S(C)(=O)=O)cc4)CC3)CC2)n1. The minimum Gasteiger partial charge on any atom is -0.372 e. The van der Waals surface area contributed by atoms with E-state index in [1.54, 1.807) is 18.3 Å². The summed E-state index contributed by atoms with van der Waals surface area (Å²) >= 11 is 0. The molecular formula is C22H30N4O2S. The molecule has 0 amide bonds. The Balaban J connectivity index is 1.29. The molecule has 0 saturated carbocycles. The molecule has 29 heavy (non-hydrogen) atoms. The molecule has 1 aromatic carbocycles. The average Bonchev–Trinajstić information content (AvgIpc) is 2.74. The fourth-order valence-electron chi connectivity index (χ4n) is 4.74. The lowest BCUT2D eigenvalue weighted by Gasteiger charge is -2.41. The van der Waals surface area contributed by atoms with Crippen molar-refractivity contribution in [2.75, 3.05) is 42.2 Å². The smallest absolute Gasteiger partial charge is 0.175 e. The van der Waals surface area contributed by atoms with Crippen LogP contribution in [0.15, 0.2) is 41.6 Å². The van der Waals surface area contributed by atoms with E-state index in [0.29, 0.717) is 4.90 Å². The van der Waals surface area contributed by atoms with E-state index in [0.717, 1.165) is 55.2 Å². The van der Waals surface area contributed by atoms with Gasteiger partial charge in [-0.3, -0.25) is 4.98 Å². The Morgan fingerprint density at radius 3 is 1.93 bits per heavy atom. The molecule has 0 spiro atoms. The summed E-state index contributed by atoms with van der Waals surface area (Å²) < 4.78 is 23.3. The summed E-state index contributed by atoms with van der Waals surface area (Å²) in [4.78, 5) is 14.0. The number of hydrogen-bond acceptors (Lipinski definition) is 6. The molecule has 0 radical (unpaired) electrons. The first kappa shape index (κ1) is 20.1. The third kappa shape index (κ3) is 4.71. The van der Waals surface area contributed by atoms with Gasteiger partial charge in [-0.1, -0.05) is 0 Å². The average molecular weight is 415 g/mol. The summed E-state index contributed by atoms with van der Waals surface area (Å²) in [6.45, 7) is 6.22. The summed E-state index contributed by atoms with van der Waals surface area (Å²) in [6.07, 6.45) is 9.81. The molecule has 1 aromatic heterocycles. The number of rotatable bonds is 4. The predicted molar refractivity (Wildman–Crippen MR) is 116 cm³/mol. The van der Waals surface area contributed by atoms with Gasteiger partial charge in [0.05, 0.1) is 16.8 Å². The Kier molecular flexibility index (Phi) is 5.76. The van der Waals surface area contributed by atoms with E-state index in [1.165, 1.54) is 31.9 Å². The van der Waals surface area contributed by atoms with Crippen LogP contribution >= 0.6 is 0 Å². The minimum atomic E-state index is -3.13. The topological polar surface area (TPSA) is 66.4 Å². The molecule has 0 unspecified atom stereocenters. The van der Waals surface area contributed by atoms with E-state index in [4.69, 9.17) is 0 Å². The second kappa shape index (κ2) is 8.30. The van der Waals surface area contributed by atoms with Crippen LogP contribution in [0.5, 0.6) is 0 Å². The zero-order valence-corrected chi connectivity index (χ0v) is 18.1. The van der Waals surface area contributed by atoms with Gasteiger partial charge >= 0.3 is 0 Å². The van der Waals surface area contributed by atoms with Crippen LogP contribution in [0.4, 0.5) is 11.5 Å². The summed E-state index contributed by atoms with van der Waals surface area (Å²) in [5, 5.41) is 0. The Labute approximate surface area is 173 Å². The van der Waals surface area contributed by atoms with Crippen molar-refractivity contribution >= 4 is 21.3 Å². The van der Waals surface area contributed by atoms with Gasteiger partial charge in [0.25, 0.3) is 0 Å². The lowest BCUT2D eigenvalue weighted by Crippen LogP contribution is -2.41. The molecule has 3 heterocycles. The number of sulfone groups is 1. The van der Waals surface area contributed by atoms with Gasteiger partial charge in [0.15, 0.2) is 9.84 Å². The molecule has 2 aliphatic heterocycles. The largest absolute Gasteiger partial charge is 0.372 e. The molecule has 4 rings (SSSR count). The number of aromatic nitrogens is 2. The summed E-state index contributed by atoms with van der Waals surface area (Å²) in [7, 11) is -3.13. The van der Waals surface area contributed by atoms with Crippen molar-refractivity contribution in [3.63, 3.8) is 0 Å². The van der Waals surface area contributed by atoms with E-state index >= 15 is 0 Å². The molecule has 6 nitrogen and oxygen atoms in total. The van der Waals surface area contributed by atoms with Crippen LogP contribution in [0.2, 0.25) is 0 Å². The first-order valence-corrected chi connectivity index (χ1v) is 12.4. The monoisotopic (exact) mass is 414 g/mol. The number of anilines is 2. The maximum atomic E-state index is 11.6. The van der Waals surface area contributed by atoms with Gasteiger partial charge in [0.1, 0.15) is 5.82 Å². The Morgan fingerprint density at radius 2 is 1.41 bits per heavy atom. The zero-order valence-electron chi connectivity index (χ0n) is 17.3. The summed E-state index contributed by atoms with van der Waals surface area (Å²) in [5.74, 6) is 2.59. The molecule has 0 aliphatic carbocycles. The Morgan fingerprint density at radius 1 is 0.862 bits per heavy atom. The van der Waals surface area contributed by atoms with E-state index in [2.05, 4.69) is 19.8 Å². The third-order valence-corrected chi connectivity index (χ3v) is 7.57. The van der Waals surface area contributed by atoms with Crippen LogP contribution in [0.1, 0.15) is 31.4 Å². The fraction of sp³-hybridized carbons (Fsp3) is 0.545. The molecule has 2 aliphatic rings. The molecule has 7 heteroatoms. The Hall–Kier alpha value is -2.15. The number of benzene rings is 1. The molecule has 0 atom stereocenters. The van der Waals surface area contributed by atoms with Gasteiger partial charge in [0.2, 0.25) is 0 Å². The third-order valence-electron chi connectivity index (χ3n) is 6.44. The van der Waals surface area contributed by atoms with Gasteiger partial charge in [-0.25, -0.2) is 13.4 Å². The van der Waals surface area contributed by atoms with Gasteiger partial charge in [-0.15, -0.1) is 0 Å². The van der Waals surface area contributed by atoms with E-state index in [1.807, 2.05) is 25.3 Å². The lowest BCUT2D eigenvalue weighted by molar-refractivity contribution is 0.232. The normalized spacial score (nSPS) is 19.5. The number of piperidine rings is 2. The molecular weight excluding hydrogens is 384 g/mol. The highest BCUT2D eigenvalue weighted by molar-refractivity contribution is 7.90. The standard InChI is InChI=1S/C22H30N4O2S/c1-17-15-23-16-22(24-17)26-13-9-19(10-14-26)18-7-11-25(12-8-18)20-3-5-21(6-4-20)29(2,27)28/h3-6,15-16,18-19H,7-14H2,1-2H3. The van der Waals surface area contributed by atoms with E-state index in [9.17, 15) is 8.42 Å². The first-order valence-electron chi connectivity index (χ1n) is 10.5. The molecule has 156 valence electrons. The maximum absolute atomic E-state index is 11.6. The van der Waals surface area contributed by atoms with Crippen LogP contribution < -0.4 is 9.80 Å². The van der Waals surface area contributed by atoms with Crippen molar-refractivity contribution in [3.05, 3.63) is 42.4 Å². The highest BCUT2D eigenvalue weighted by Crippen LogP contribution is 2.34. The second-order valence-corrected chi connectivity index (χ2v) is 10.4. The molecule has 0 bridgehead atoms. The maximum Gasteiger partial charge on any atom is 0.175 e. The number of hydrogen-bond donors (Lipinski definition) is 0. The highest BCUT2D eigenvalue weighted by Gasteiger charge is 2.30. The van der Waals surface area contributed by atoms with Crippen molar-refractivity contribution < 1.29 is 8.42 Å². The van der Waals surface area contributed by atoms with Crippen LogP contribution in [0.25, 0.3) is 0 Å². The van der Waals surface area contributed by atoms with Crippen LogP contribution in [-0.4, -0.2) is 50.8 Å². The highest BCUT2D eigenvalue weighted by atomic mass is 32.2. The Bertz CT molecular complexity index is 930. The van der Waals surface area contributed by atoms with Crippen molar-refractivity contribution in [2.24, 2.45) is 11.8 Å². The summed E-state index contributed by atoms with van der Waals surface area (Å²) in [6, 6.07) is 7.33. The van der Waals surface area contributed by atoms with Crippen LogP contribution in [0.3, 0.4) is 0 Å². The number of aryl methyl sites for hydroxylation is 1. The second-order valence-electron chi connectivity index (χ2n) is 8.43. The van der Waals surface area contributed by atoms with Gasteiger partial charge < -0.3 is 9.80 Å². The lowest BCUT2D eigenvalue weighted by atomic mass is 9.78. The molecule has 2 aromatic rings. The first-order chi connectivity index (χ1) is 13.9. The van der Waals surface area contributed by atoms with Crippen molar-refractivity contribution in [1.82, 2.24) is 9.97 Å². The minimum absolute atomic E-state index is 0.390. The van der Waals surface area contributed by atoms with Crippen LogP contribution in [-0.2, 0) is 9.84 Å². The molecule has 0 N–H and O–H groups in total. The number of nitrogens with zero attached hydrogens (tertiary/aromatic N) is 4. The van der Waals surface area contributed by atoms with Crippen molar-refractivity contribution in [2.45, 2.75) is 37.5 Å². The predicted octanol–water partition coefficient (Wildman–Crippen LogP) is 3.32. The van der Waals surface area contributed by atoms with Gasteiger partial charge in [0, 0.05) is 44.3 Å². The quantitative estimate of drug-likeness (QED) is 0.765. The molecule has 2 fully saturated rings. The fourth-order valence-corrected chi connectivity index (χ4v) is 5.37. The van der Waals surface area contributed by atoms with Crippen LogP contribution in [0, 0.1) is 18.8 Å². The van der Waals surface area contributed by atoms with E-state index < -0.39 is 9.84 Å². The van der Waals surface area contributed by atoms with Crippen molar-refractivity contribution in [1.29, 1.82) is 0 Å². The van der Waals surface area contributed by atoms with Gasteiger partial charge in [-0.05, 0) is 68.7 Å². The molecule has 2 saturated heterocycles.